The molecule has 0 saturated heterocycles. The summed E-state index contributed by atoms with van der Waals surface area (Å²) in [7, 11) is 1.67. The third kappa shape index (κ3) is 4.18. The maximum atomic E-state index is 12.6. The molecule has 0 unspecified atom stereocenters. The van der Waals surface area contributed by atoms with Gasteiger partial charge in [0.25, 0.3) is 0 Å². The lowest BCUT2D eigenvalue weighted by Gasteiger charge is -2.23. The van der Waals surface area contributed by atoms with E-state index in [-0.39, 0.29) is 30.4 Å². The number of likely N-dealkylation sites (N-methyl/N-ethyl adjacent to an activating group) is 1. The molecule has 1 fully saturated rings. The Hall–Kier alpha value is -2.37. The van der Waals surface area contributed by atoms with Gasteiger partial charge in [-0.2, -0.15) is 0 Å². The van der Waals surface area contributed by atoms with E-state index >= 15 is 0 Å². The zero-order chi connectivity index (χ0) is 18.2. The van der Waals surface area contributed by atoms with Gasteiger partial charge in [-0.25, -0.2) is 4.98 Å². The number of para-hydroxylation sites is 2. The second-order valence-electron chi connectivity index (χ2n) is 7.87. The van der Waals surface area contributed by atoms with Crippen LogP contribution in [0.5, 0.6) is 0 Å². The molecule has 0 radical (unpaired) electrons. The molecule has 1 N–H and O–H groups in total. The molecular weight excluding hydrogens is 316 g/mol. The minimum absolute atomic E-state index is 0.0570. The Morgan fingerprint density at radius 3 is 2.60 bits per heavy atom. The molecule has 1 aromatic carbocycles. The summed E-state index contributed by atoms with van der Waals surface area (Å²) < 4.78 is 2.01. The third-order valence-corrected chi connectivity index (χ3v) is 4.24. The molecule has 134 valence electrons. The van der Waals surface area contributed by atoms with Crippen LogP contribution in [0.15, 0.2) is 24.3 Å². The molecule has 0 atom stereocenters. The number of hydrogen-bond donors (Lipinski definition) is 1. The number of carbonyl (C=O) groups is 2. The zero-order valence-corrected chi connectivity index (χ0v) is 15.4. The Morgan fingerprint density at radius 1 is 1.28 bits per heavy atom. The van der Waals surface area contributed by atoms with Crippen molar-refractivity contribution in [1.82, 2.24) is 19.8 Å². The van der Waals surface area contributed by atoms with Gasteiger partial charge in [0.05, 0.1) is 17.6 Å². The van der Waals surface area contributed by atoms with Gasteiger partial charge in [0.1, 0.15) is 12.4 Å². The number of hydrogen-bond acceptors (Lipinski definition) is 3. The summed E-state index contributed by atoms with van der Waals surface area (Å²) in [6.45, 7) is 6.04. The van der Waals surface area contributed by atoms with Gasteiger partial charge in [0.15, 0.2) is 0 Å². The SMILES string of the molecule is CN(CC(=O)NC(C)(C)C)C(=O)Cn1c(C2CC2)nc2ccccc21. The normalized spacial score (nSPS) is 14.6. The molecule has 0 bridgehead atoms. The highest BCUT2D eigenvalue weighted by Crippen LogP contribution is 2.40. The molecule has 1 aromatic heterocycles. The van der Waals surface area contributed by atoms with E-state index in [9.17, 15) is 9.59 Å². The Labute approximate surface area is 148 Å². The van der Waals surface area contributed by atoms with E-state index in [1.54, 1.807) is 7.05 Å². The zero-order valence-electron chi connectivity index (χ0n) is 15.4. The van der Waals surface area contributed by atoms with Crippen LogP contribution in [0.2, 0.25) is 0 Å². The number of nitrogens with one attached hydrogen (secondary N) is 1. The van der Waals surface area contributed by atoms with Crippen LogP contribution in [0.25, 0.3) is 11.0 Å². The van der Waals surface area contributed by atoms with E-state index in [1.165, 1.54) is 4.90 Å². The largest absolute Gasteiger partial charge is 0.350 e. The maximum absolute atomic E-state index is 12.6. The van der Waals surface area contributed by atoms with Crippen molar-refractivity contribution >= 4 is 22.8 Å². The third-order valence-electron chi connectivity index (χ3n) is 4.24. The van der Waals surface area contributed by atoms with Gasteiger partial charge in [-0.1, -0.05) is 12.1 Å². The summed E-state index contributed by atoms with van der Waals surface area (Å²) >= 11 is 0. The van der Waals surface area contributed by atoms with E-state index in [2.05, 4.69) is 5.32 Å². The van der Waals surface area contributed by atoms with Crippen molar-refractivity contribution in [3.05, 3.63) is 30.1 Å². The highest BCUT2D eigenvalue weighted by atomic mass is 16.2. The van der Waals surface area contributed by atoms with Gasteiger partial charge in [0, 0.05) is 18.5 Å². The standard InChI is InChI=1S/C19H26N4O2/c1-19(2,3)21-16(24)11-22(4)17(25)12-23-15-8-6-5-7-14(15)20-18(23)13-9-10-13/h5-8,13H,9-12H2,1-4H3,(H,21,24). The number of fused-ring (bicyclic) bond motifs is 1. The predicted molar refractivity (Wildman–Crippen MR) is 97.2 cm³/mol. The van der Waals surface area contributed by atoms with Crippen molar-refractivity contribution in [2.75, 3.05) is 13.6 Å². The van der Waals surface area contributed by atoms with Crippen molar-refractivity contribution in [1.29, 1.82) is 0 Å². The fourth-order valence-corrected chi connectivity index (χ4v) is 2.93. The van der Waals surface area contributed by atoms with Gasteiger partial charge in [-0.3, -0.25) is 9.59 Å². The second kappa shape index (κ2) is 6.50. The quantitative estimate of drug-likeness (QED) is 0.906. The highest BCUT2D eigenvalue weighted by Gasteiger charge is 2.30. The topological polar surface area (TPSA) is 67.2 Å². The second-order valence-corrected chi connectivity index (χ2v) is 7.87. The van der Waals surface area contributed by atoms with Crippen LogP contribution < -0.4 is 5.32 Å². The smallest absolute Gasteiger partial charge is 0.242 e. The van der Waals surface area contributed by atoms with Crippen molar-refractivity contribution in [3.8, 4) is 0 Å². The van der Waals surface area contributed by atoms with Gasteiger partial charge in [0.2, 0.25) is 11.8 Å². The van der Waals surface area contributed by atoms with E-state index in [0.29, 0.717) is 5.92 Å². The van der Waals surface area contributed by atoms with Crippen LogP contribution in [-0.4, -0.2) is 45.4 Å². The first-order valence-electron chi connectivity index (χ1n) is 8.75. The fourth-order valence-electron chi connectivity index (χ4n) is 2.93. The molecule has 3 rings (SSSR count). The maximum Gasteiger partial charge on any atom is 0.242 e. The molecule has 0 aliphatic heterocycles. The van der Waals surface area contributed by atoms with Crippen LogP contribution in [0.1, 0.15) is 45.4 Å². The number of carbonyl (C=O) groups excluding carboxylic acids is 2. The fraction of sp³-hybridized carbons (Fsp3) is 0.526. The number of nitrogens with zero attached hydrogens (tertiary/aromatic N) is 3. The first-order valence-corrected chi connectivity index (χ1v) is 8.75. The summed E-state index contributed by atoms with van der Waals surface area (Å²) in [5.41, 5.74) is 1.59. The first kappa shape index (κ1) is 17.5. The van der Waals surface area contributed by atoms with E-state index < -0.39 is 0 Å². The summed E-state index contributed by atoms with van der Waals surface area (Å²) in [5.74, 6) is 1.20. The lowest BCUT2D eigenvalue weighted by atomic mass is 10.1. The van der Waals surface area contributed by atoms with E-state index in [1.807, 2.05) is 49.6 Å². The van der Waals surface area contributed by atoms with E-state index in [0.717, 1.165) is 29.7 Å². The Kier molecular flexibility index (Phi) is 4.54. The van der Waals surface area contributed by atoms with Crippen molar-refractivity contribution < 1.29 is 9.59 Å². The van der Waals surface area contributed by atoms with Crippen molar-refractivity contribution in [2.24, 2.45) is 0 Å². The van der Waals surface area contributed by atoms with Crippen LogP contribution in [0.3, 0.4) is 0 Å². The average Bonchev–Trinajstić information content (AvgIpc) is 3.28. The molecule has 2 aromatic rings. The molecule has 1 heterocycles. The minimum atomic E-state index is -0.305. The molecular formula is C19H26N4O2. The molecule has 25 heavy (non-hydrogen) atoms. The molecule has 6 nitrogen and oxygen atoms in total. The van der Waals surface area contributed by atoms with Crippen LogP contribution in [0.4, 0.5) is 0 Å². The predicted octanol–water partition coefficient (Wildman–Crippen LogP) is 2.29. The molecule has 6 heteroatoms. The van der Waals surface area contributed by atoms with Gasteiger partial charge in [-0.15, -0.1) is 0 Å². The Morgan fingerprint density at radius 2 is 1.96 bits per heavy atom. The lowest BCUT2D eigenvalue weighted by molar-refractivity contribution is -0.135. The van der Waals surface area contributed by atoms with Crippen LogP contribution in [-0.2, 0) is 16.1 Å². The van der Waals surface area contributed by atoms with Gasteiger partial charge in [-0.05, 0) is 45.7 Å². The van der Waals surface area contributed by atoms with Crippen molar-refractivity contribution in [2.45, 2.75) is 51.6 Å². The Balaban J connectivity index is 1.73. The molecule has 1 aliphatic carbocycles. The van der Waals surface area contributed by atoms with Crippen LogP contribution >= 0.6 is 0 Å². The summed E-state index contributed by atoms with van der Waals surface area (Å²) in [4.78, 5) is 30.9. The van der Waals surface area contributed by atoms with Gasteiger partial charge < -0.3 is 14.8 Å². The van der Waals surface area contributed by atoms with Crippen molar-refractivity contribution in [3.63, 3.8) is 0 Å². The van der Waals surface area contributed by atoms with E-state index in [4.69, 9.17) is 4.98 Å². The number of rotatable bonds is 5. The number of benzene rings is 1. The van der Waals surface area contributed by atoms with Gasteiger partial charge >= 0.3 is 0 Å². The highest BCUT2D eigenvalue weighted by molar-refractivity contribution is 5.86. The summed E-state index contributed by atoms with van der Waals surface area (Å²) in [6.07, 6.45) is 2.25. The summed E-state index contributed by atoms with van der Waals surface area (Å²) in [5, 5.41) is 2.88. The number of imidazole rings is 1. The lowest BCUT2D eigenvalue weighted by Crippen LogP contribution is -2.46. The monoisotopic (exact) mass is 342 g/mol. The first-order chi connectivity index (χ1) is 11.7. The number of aromatic nitrogens is 2. The van der Waals surface area contributed by atoms with Crippen LogP contribution in [0, 0.1) is 0 Å². The molecule has 1 aliphatic rings. The molecule has 2 amide bonds. The molecule has 1 saturated carbocycles. The Bertz CT molecular complexity index is 799. The number of amides is 2. The minimum Gasteiger partial charge on any atom is -0.350 e. The average molecular weight is 342 g/mol. The summed E-state index contributed by atoms with van der Waals surface area (Å²) in [6, 6.07) is 7.89. The molecule has 0 spiro atoms.